The molecule has 1 aliphatic heterocycles. The Morgan fingerprint density at radius 1 is 1.12 bits per heavy atom. The zero-order chi connectivity index (χ0) is 25.1. The monoisotopic (exact) mass is 522 g/mol. The number of hydrogen-bond acceptors (Lipinski definition) is 4. The average Bonchev–Trinajstić information content (AvgIpc) is 3.20. The van der Waals surface area contributed by atoms with Crippen molar-refractivity contribution in [1.82, 2.24) is 9.21 Å². The first-order chi connectivity index (χ1) is 15.8. The molecule has 2 aromatic carbocycles. The van der Waals surface area contributed by atoms with Gasteiger partial charge in [-0.2, -0.15) is 0 Å². The van der Waals surface area contributed by atoms with Gasteiger partial charge in [0, 0.05) is 37.7 Å². The van der Waals surface area contributed by atoms with E-state index >= 15 is 0 Å². The molecule has 0 unspecified atom stereocenters. The summed E-state index contributed by atoms with van der Waals surface area (Å²) >= 11 is 5.96. The highest BCUT2D eigenvalue weighted by atomic mass is 35.5. The Balaban J connectivity index is 1.75. The van der Waals surface area contributed by atoms with Gasteiger partial charge in [0.1, 0.15) is 0 Å². The Bertz CT molecular complexity index is 1040. The van der Waals surface area contributed by atoms with Gasteiger partial charge in [0.05, 0.1) is 11.9 Å². The van der Waals surface area contributed by atoms with Crippen LogP contribution in [-0.4, -0.2) is 58.7 Å². The van der Waals surface area contributed by atoms with E-state index in [1.807, 2.05) is 18.2 Å². The molecule has 2 atom stereocenters. The predicted octanol–water partition coefficient (Wildman–Crippen LogP) is 5.94. The first kappa shape index (κ1) is 27.4. The molecule has 0 radical (unpaired) electrons. The van der Waals surface area contributed by atoms with Crippen molar-refractivity contribution in [3.63, 3.8) is 0 Å². The van der Waals surface area contributed by atoms with Gasteiger partial charge in [-0.1, -0.05) is 74.8 Å². The molecule has 1 heterocycles. The Kier molecular flexibility index (Phi) is 8.70. The van der Waals surface area contributed by atoms with Crippen LogP contribution in [0.2, 0.25) is 23.2 Å². The molecule has 5 nitrogen and oxygen atoms in total. The smallest absolute Gasteiger partial charge is 0.218 e. The molecule has 0 aliphatic carbocycles. The van der Waals surface area contributed by atoms with Crippen molar-refractivity contribution in [1.29, 1.82) is 0 Å². The Hall–Kier alpha value is -1.22. The lowest BCUT2D eigenvalue weighted by Gasteiger charge is -2.38. The van der Waals surface area contributed by atoms with E-state index in [9.17, 15) is 8.42 Å². The van der Waals surface area contributed by atoms with Crippen molar-refractivity contribution < 1.29 is 12.8 Å². The summed E-state index contributed by atoms with van der Waals surface area (Å²) in [6.07, 6.45) is 1.15. The van der Waals surface area contributed by atoms with E-state index in [-0.39, 0.29) is 22.9 Å². The molecule has 3 rings (SSSR count). The van der Waals surface area contributed by atoms with Crippen LogP contribution in [0, 0.1) is 0 Å². The molecule has 0 aromatic heterocycles. The van der Waals surface area contributed by atoms with Gasteiger partial charge in [0.2, 0.25) is 10.0 Å². The van der Waals surface area contributed by atoms with Crippen LogP contribution in [0.5, 0.6) is 0 Å². The fraction of sp³-hybridized carbons (Fsp3) is 0.538. The summed E-state index contributed by atoms with van der Waals surface area (Å²) < 4.78 is 34.6. The second kappa shape index (κ2) is 10.8. The van der Waals surface area contributed by atoms with Crippen LogP contribution in [-0.2, 0) is 20.2 Å². The number of likely N-dealkylation sites (tertiary alicyclic amines) is 1. The highest BCUT2D eigenvalue weighted by molar-refractivity contribution is 7.88. The number of rotatable bonds is 9. The summed E-state index contributed by atoms with van der Waals surface area (Å²) in [5.74, 6) is -0.0424. The van der Waals surface area contributed by atoms with E-state index in [1.54, 1.807) is 31.3 Å². The topological polar surface area (TPSA) is 49.9 Å². The molecule has 1 fully saturated rings. The summed E-state index contributed by atoms with van der Waals surface area (Å²) in [6, 6.07) is 17.2. The maximum Gasteiger partial charge on any atom is 0.218 e. The van der Waals surface area contributed by atoms with E-state index in [0.717, 1.165) is 30.6 Å². The van der Waals surface area contributed by atoms with Crippen LogP contribution >= 0.6 is 11.6 Å². The van der Waals surface area contributed by atoms with Crippen molar-refractivity contribution in [3.05, 3.63) is 70.7 Å². The second-order valence-electron chi connectivity index (χ2n) is 10.9. The van der Waals surface area contributed by atoms with E-state index in [1.165, 1.54) is 4.31 Å². The molecule has 0 bridgehead atoms. The first-order valence-electron chi connectivity index (χ1n) is 11.9. The largest absolute Gasteiger partial charge is 0.413 e. The second-order valence-corrected chi connectivity index (χ2v) is 18.1. The summed E-state index contributed by atoms with van der Waals surface area (Å²) in [5.41, 5.74) is 1.86. The van der Waals surface area contributed by atoms with Crippen molar-refractivity contribution >= 4 is 29.9 Å². The lowest BCUT2D eigenvalue weighted by Crippen LogP contribution is -2.45. The molecule has 188 valence electrons. The molecule has 1 saturated heterocycles. The third kappa shape index (κ3) is 6.92. The fourth-order valence-corrected chi connectivity index (χ4v) is 6.80. The van der Waals surface area contributed by atoms with Crippen molar-refractivity contribution in [2.45, 2.75) is 63.2 Å². The Morgan fingerprint density at radius 2 is 1.74 bits per heavy atom. The van der Waals surface area contributed by atoms with E-state index in [4.69, 9.17) is 16.0 Å². The van der Waals surface area contributed by atoms with Gasteiger partial charge < -0.3 is 4.43 Å². The van der Waals surface area contributed by atoms with Gasteiger partial charge in [0.25, 0.3) is 0 Å². The lowest BCUT2D eigenvalue weighted by molar-refractivity contribution is 0.156. The molecule has 1 aliphatic rings. The van der Waals surface area contributed by atoms with Gasteiger partial charge in [-0.15, -0.1) is 0 Å². The molecule has 0 amide bonds. The maximum absolute atomic E-state index is 13.2. The number of benzene rings is 2. The minimum atomic E-state index is -3.48. The van der Waals surface area contributed by atoms with Crippen molar-refractivity contribution in [2.24, 2.45) is 0 Å². The average molecular weight is 523 g/mol. The van der Waals surface area contributed by atoms with Gasteiger partial charge in [0.15, 0.2) is 8.32 Å². The van der Waals surface area contributed by atoms with Crippen LogP contribution in [0.25, 0.3) is 0 Å². The Labute approximate surface area is 212 Å². The number of halogens is 1. The minimum Gasteiger partial charge on any atom is -0.413 e. The van der Waals surface area contributed by atoms with Crippen LogP contribution in [0.1, 0.15) is 44.4 Å². The van der Waals surface area contributed by atoms with Crippen molar-refractivity contribution in [3.8, 4) is 0 Å². The number of hydrogen-bond donors (Lipinski definition) is 0. The third-order valence-corrected chi connectivity index (χ3v) is 13.8. The maximum atomic E-state index is 13.2. The molecule has 0 saturated carbocycles. The molecule has 8 heteroatoms. The third-order valence-electron chi connectivity index (χ3n) is 7.24. The van der Waals surface area contributed by atoms with E-state index in [2.05, 4.69) is 50.9 Å². The zero-order valence-corrected chi connectivity index (χ0v) is 23.9. The summed E-state index contributed by atoms with van der Waals surface area (Å²) in [4.78, 5) is 2.39. The standard InChI is InChI=1S/C26H39ClN2O3SSi/c1-26(2,3)34(5,6)32-24-16-17-29(18-24)25(22-10-8-7-9-11-22)19-28(4)33(30,31)20-21-12-14-23(27)15-13-21/h7-15,24-25H,16-20H2,1-6H3/t24-,25-/m0/s1. The predicted molar refractivity (Wildman–Crippen MR) is 144 cm³/mol. The Morgan fingerprint density at radius 3 is 2.32 bits per heavy atom. The van der Waals surface area contributed by atoms with Gasteiger partial charge >= 0.3 is 0 Å². The van der Waals surface area contributed by atoms with Crippen LogP contribution in [0.15, 0.2) is 54.6 Å². The molecule has 34 heavy (non-hydrogen) atoms. The normalized spacial score (nSPS) is 19.0. The molecule has 0 N–H and O–H groups in total. The van der Waals surface area contributed by atoms with Gasteiger partial charge in [-0.25, -0.2) is 12.7 Å². The number of likely N-dealkylation sites (N-methyl/N-ethyl adjacent to an activating group) is 1. The first-order valence-corrected chi connectivity index (χ1v) is 16.8. The van der Waals surface area contributed by atoms with Crippen LogP contribution < -0.4 is 0 Å². The summed E-state index contributed by atoms with van der Waals surface area (Å²) in [7, 11) is -3.67. The minimum absolute atomic E-state index is 0.0285. The summed E-state index contributed by atoms with van der Waals surface area (Å²) in [5, 5.41) is 0.761. The van der Waals surface area contributed by atoms with Crippen molar-refractivity contribution in [2.75, 3.05) is 26.7 Å². The molecule has 2 aromatic rings. The zero-order valence-electron chi connectivity index (χ0n) is 21.3. The van der Waals surface area contributed by atoms with Gasteiger partial charge in [-0.05, 0) is 47.8 Å². The molecular formula is C26H39ClN2O3SSi. The fourth-order valence-electron chi connectivity index (χ4n) is 4.09. The van der Waals surface area contributed by atoms with Crippen LogP contribution in [0.4, 0.5) is 0 Å². The highest BCUT2D eigenvalue weighted by Crippen LogP contribution is 2.39. The highest BCUT2D eigenvalue weighted by Gasteiger charge is 2.41. The number of nitrogens with zero attached hydrogens (tertiary/aromatic N) is 2. The van der Waals surface area contributed by atoms with Gasteiger partial charge in [-0.3, -0.25) is 4.90 Å². The summed E-state index contributed by atoms with van der Waals surface area (Å²) in [6.45, 7) is 13.5. The molecular weight excluding hydrogens is 484 g/mol. The number of sulfonamides is 1. The molecule has 0 spiro atoms. The van der Waals surface area contributed by atoms with E-state index in [0.29, 0.717) is 11.6 Å². The quantitative estimate of drug-likeness (QED) is 0.382. The lowest BCUT2D eigenvalue weighted by atomic mass is 10.1. The SMILES string of the molecule is CN(C[C@@H](c1ccccc1)N1CC[C@H](O[Si](C)(C)C(C)(C)C)C1)S(=O)(=O)Cc1ccc(Cl)cc1. The van der Waals surface area contributed by atoms with E-state index < -0.39 is 18.3 Å². The van der Waals surface area contributed by atoms with Crippen LogP contribution in [0.3, 0.4) is 0 Å².